The molecule has 15 heteroatoms. The summed E-state index contributed by atoms with van der Waals surface area (Å²) in [6.45, 7) is 10.4. The van der Waals surface area contributed by atoms with Crippen LogP contribution in [0.15, 0.2) is 94.7 Å². The number of rotatable bonds is 14. The predicted molar refractivity (Wildman–Crippen MR) is 224 cm³/mol. The number of unbranched alkanes of at least 4 members (excludes halogenated alkanes) is 3. The molecule has 2 aromatic rings. The molecule has 0 saturated carbocycles. The van der Waals surface area contributed by atoms with Crippen LogP contribution in [0.1, 0.15) is 96.6 Å². The molecule has 5 rings (SSSR count). The summed E-state index contributed by atoms with van der Waals surface area (Å²) < 4.78 is 36.0. The minimum Gasteiger partial charge on any atom is -0.693 e. The average Bonchev–Trinajstić information content (AvgIpc) is 3.43. The van der Waals surface area contributed by atoms with E-state index < -0.39 is 32.6 Å². The molecule has 0 saturated heterocycles. The van der Waals surface area contributed by atoms with Gasteiger partial charge in [0.05, 0.1) is 15.5 Å². The van der Waals surface area contributed by atoms with Crippen LogP contribution in [0.3, 0.4) is 0 Å². The fraction of sp³-hybridized carbons (Fsp3) is 0.450. The molecule has 0 bridgehead atoms. The van der Waals surface area contributed by atoms with E-state index in [9.17, 15) is 17.8 Å². The number of carboxylic acids is 1. The molecular formula is C40H55Cl3N4O6PtS. The number of nitrogens with zero attached hydrogens (tertiary/aromatic N) is 2. The van der Waals surface area contributed by atoms with E-state index in [4.69, 9.17) is 35.5 Å². The van der Waals surface area contributed by atoms with E-state index in [1.807, 2.05) is 12.1 Å². The van der Waals surface area contributed by atoms with E-state index in [0.29, 0.717) is 25.8 Å². The van der Waals surface area contributed by atoms with Gasteiger partial charge in [0.25, 0.3) is 0 Å². The van der Waals surface area contributed by atoms with Crippen molar-refractivity contribution < 1.29 is 49.4 Å². The van der Waals surface area contributed by atoms with Crippen molar-refractivity contribution in [2.45, 2.75) is 96.3 Å². The third-order valence-corrected chi connectivity index (χ3v) is 11.5. The molecule has 2 aliphatic heterocycles. The van der Waals surface area contributed by atoms with Crippen molar-refractivity contribution in [3.05, 3.63) is 118 Å². The Bertz CT molecular complexity index is 1890. The van der Waals surface area contributed by atoms with Crippen molar-refractivity contribution in [2.24, 2.45) is 0 Å². The summed E-state index contributed by atoms with van der Waals surface area (Å²) in [5.74, 6) is -1.09. The van der Waals surface area contributed by atoms with Crippen molar-refractivity contribution in [3.63, 3.8) is 0 Å². The van der Waals surface area contributed by atoms with Crippen LogP contribution in [0.25, 0.3) is 12.3 Å². The van der Waals surface area contributed by atoms with Gasteiger partial charge in [0.15, 0.2) is 5.71 Å². The van der Waals surface area contributed by atoms with Gasteiger partial charge >= 0.3 is 41.3 Å². The molecule has 0 radical (unpaired) electrons. The molecule has 3 aliphatic rings. The number of halogens is 3. The Hall–Kier alpha value is -2.31. The summed E-state index contributed by atoms with van der Waals surface area (Å²) in [6, 6.07) is 16.9. The van der Waals surface area contributed by atoms with E-state index in [2.05, 4.69) is 97.9 Å². The Morgan fingerprint density at radius 3 is 2.20 bits per heavy atom. The number of benzene rings is 2. The van der Waals surface area contributed by atoms with E-state index in [1.165, 1.54) is 22.5 Å². The standard InChI is InChI=1S/C40H49ClN2O5S.2ClH.2H2N.H2O.Pt/c1-39(2)31-17-7-9-19-33(31)42(26-11-5-6-21-37(44)45)35(39)24-22-29-15-14-16-30(38(29)41)23-25-36-40(3,4)32-18-8-10-20-34(32)43(36)27-12-13-28-49(46,47)48;;;;;;/h7-10,17-20,22-25H,5-6,11-16,21,26-28H2,1-4H3,(H-,44,45,46,47,48);2*1H;3*1H2;/q;;;2*-1;;+4/p-2. The van der Waals surface area contributed by atoms with Crippen LogP contribution >= 0.6 is 30.4 Å². The van der Waals surface area contributed by atoms with Crippen LogP contribution in [-0.2, 0) is 42.2 Å². The fourth-order valence-electron chi connectivity index (χ4n) is 7.60. The van der Waals surface area contributed by atoms with E-state index >= 15 is 0 Å². The summed E-state index contributed by atoms with van der Waals surface area (Å²) in [7, 11) is 5.51. The molecule has 10 nitrogen and oxygen atoms in total. The number of carbonyl (C=O) groups is 1. The van der Waals surface area contributed by atoms with E-state index in [-0.39, 0.29) is 40.8 Å². The van der Waals surface area contributed by atoms with Gasteiger partial charge in [0, 0.05) is 64.7 Å². The molecule has 2 heterocycles. The normalized spacial score (nSPS) is 18.4. The Balaban J connectivity index is 0.00000244. The maximum Gasteiger partial charge on any atom is -0.693 e. The summed E-state index contributed by atoms with van der Waals surface area (Å²) >= 11 is 6.69. The zero-order valence-electron chi connectivity index (χ0n) is 31.9. The second kappa shape index (κ2) is 22.6. The first-order chi connectivity index (χ1) is 24.6. The molecule has 7 N–H and O–H groups in total. The van der Waals surface area contributed by atoms with Crippen molar-refractivity contribution in [3.8, 4) is 0 Å². The van der Waals surface area contributed by atoms with Gasteiger partial charge in [0.2, 0.25) is 5.69 Å². The zero-order valence-corrected chi connectivity index (χ0v) is 37.3. The molecule has 0 spiro atoms. The number of aliphatic carboxylic acids is 1. The summed E-state index contributed by atoms with van der Waals surface area (Å²) in [5, 5.41) is 9.83. The SMILES string of the molecule is CC1(C)C(/C=C/C2=C(Cl)C(=C/C=C3/N(CCCCS(=O)(=O)[O-])c4ccccc4C3(C)C)/CCC2)=[N+](CCCCCC(=O)O)c2ccccc21.O.[Cl][Pt+2][Cl].[NH2-].[NH2-]. The number of para-hydroxylation sites is 2. The Labute approximate surface area is 349 Å². The van der Waals surface area contributed by atoms with Crippen LogP contribution < -0.4 is 4.90 Å². The smallest absolute Gasteiger partial charge is 0.693 e. The topological polar surface area (TPSA) is 199 Å². The number of allylic oxidation sites excluding steroid dienone is 8. The zero-order chi connectivity index (χ0) is 38.1. The number of fused-ring (bicyclic) bond motifs is 2. The molecule has 0 atom stereocenters. The quantitative estimate of drug-likeness (QED) is 0.111. The van der Waals surface area contributed by atoms with Crippen LogP contribution in [-0.4, -0.2) is 58.7 Å². The van der Waals surface area contributed by atoms with Crippen LogP contribution in [0.4, 0.5) is 11.4 Å². The van der Waals surface area contributed by atoms with Crippen LogP contribution in [0, 0.1) is 0 Å². The van der Waals surface area contributed by atoms with Gasteiger partial charge in [-0.3, -0.25) is 4.79 Å². The van der Waals surface area contributed by atoms with Gasteiger partial charge in [-0.25, -0.2) is 8.42 Å². The molecule has 2 aromatic carbocycles. The largest absolute Gasteiger partial charge is 0.693 e. The molecule has 0 aromatic heterocycles. The van der Waals surface area contributed by atoms with Crippen molar-refractivity contribution in [1.29, 1.82) is 0 Å². The van der Waals surface area contributed by atoms with Gasteiger partial charge in [-0.15, -0.1) is 0 Å². The first-order valence-electron chi connectivity index (χ1n) is 17.7. The minimum absolute atomic E-state index is 0. The number of hydrogen-bond acceptors (Lipinski definition) is 5. The molecule has 0 unspecified atom stereocenters. The third-order valence-electron chi connectivity index (χ3n) is 10.2. The first kappa shape index (κ1) is 50.7. The maximum atomic E-state index is 11.2. The summed E-state index contributed by atoms with van der Waals surface area (Å²) in [5.41, 5.74) is 8.92. The predicted octanol–water partition coefficient (Wildman–Crippen LogP) is 10.9. The molecule has 0 fully saturated rings. The Kier molecular flexibility index (Phi) is 20.8. The molecule has 0 amide bonds. The maximum absolute atomic E-state index is 11.2. The van der Waals surface area contributed by atoms with Crippen LogP contribution in [0.2, 0.25) is 0 Å². The van der Waals surface area contributed by atoms with Gasteiger partial charge in [-0.05, 0) is 87.6 Å². The second-order valence-corrected chi connectivity index (χ2v) is 19.6. The fourth-order valence-corrected chi connectivity index (χ4v) is 8.48. The van der Waals surface area contributed by atoms with Gasteiger partial charge in [-0.2, -0.15) is 4.58 Å². The van der Waals surface area contributed by atoms with Crippen molar-refractivity contribution in [2.75, 3.05) is 23.7 Å². The van der Waals surface area contributed by atoms with Crippen molar-refractivity contribution >= 4 is 63.6 Å². The number of hydrogen-bond donors (Lipinski definition) is 1. The van der Waals surface area contributed by atoms with Crippen molar-refractivity contribution in [1.82, 2.24) is 0 Å². The van der Waals surface area contributed by atoms with E-state index in [0.717, 1.165) is 66.2 Å². The summed E-state index contributed by atoms with van der Waals surface area (Å²) in [6.07, 6.45) is 15.1. The number of anilines is 1. The number of nitrogens with two attached hydrogens (primary N) is 2. The second-order valence-electron chi connectivity index (χ2n) is 14.5. The monoisotopic (exact) mass is 1020 g/mol. The Morgan fingerprint density at radius 2 is 1.55 bits per heavy atom. The van der Waals surface area contributed by atoms with Crippen LogP contribution in [0.5, 0.6) is 0 Å². The molecule has 1 aliphatic carbocycles. The van der Waals surface area contributed by atoms with Gasteiger partial charge in [-0.1, -0.05) is 74.0 Å². The van der Waals surface area contributed by atoms with E-state index in [1.54, 1.807) is 0 Å². The average molecular weight is 1020 g/mol. The van der Waals surface area contributed by atoms with Gasteiger partial charge in [0.1, 0.15) is 6.54 Å². The Morgan fingerprint density at radius 1 is 0.909 bits per heavy atom. The summed E-state index contributed by atoms with van der Waals surface area (Å²) in [4.78, 5) is 13.3. The molecule has 308 valence electrons. The molecule has 55 heavy (non-hydrogen) atoms. The molecular weight excluding hydrogens is 966 g/mol. The first-order valence-corrected chi connectivity index (χ1v) is 25.3. The van der Waals surface area contributed by atoms with Gasteiger partial charge < -0.3 is 32.3 Å². The number of carboxylic acid groups (broad SMARTS) is 1. The minimum atomic E-state index is -4.24. The third kappa shape index (κ3) is 12.8.